The van der Waals surface area contributed by atoms with Crippen LogP contribution in [-0.2, 0) is 4.79 Å². The molecule has 0 saturated carbocycles. The first-order valence-corrected chi connectivity index (χ1v) is 7.32. The maximum atomic E-state index is 11.0. The molecule has 0 fully saturated rings. The average molecular weight is 298 g/mol. The van der Waals surface area contributed by atoms with Crippen molar-refractivity contribution in [3.05, 3.63) is 52.0 Å². The van der Waals surface area contributed by atoms with E-state index in [9.17, 15) is 9.90 Å². The van der Waals surface area contributed by atoms with Crippen LogP contribution in [0, 0.1) is 6.92 Å². The van der Waals surface area contributed by atoms with E-state index < -0.39 is 5.97 Å². The van der Waals surface area contributed by atoms with Crippen LogP contribution < -0.4 is 5.11 Å². The van der Waals surface area contributed by atoms with Gasteiger partial charge in [-0.1, -0.05) is 12.1 Å². The molecule has 106 valence electrons. The van der Waals surface area contributed by atoms with Crippen LogP contribution in [0.25, 0.3) is 22.7 Å². The third-order valence-electron chi connectivity index (χ3n) is 3.11. The second-order valence-corrected chi connectivity index (χ2v) is 5.62. The fourth-order valence-corrected chi connectivity index (χ4v) is 2.93. The Morgan fingerprint density at radius 2 is 2.19 bits per heavy atom. The number of oxazole rings is 1. The minimum absolute atomic E-state index is 0.232. The van der Waals surface area contributed by atoms with Crippen LogP contribution in [0.4, 0.5) is 0 Å². The molecule has 0 aliphatic rings. The summed E-state index contributed by atoms with van der Waals surface area (Å²) in [6.07, 6.45) is 1.57. The van der Waals surface area contributed by atoms with Crippen molar-refractivity contribution in [2.75, 3.05) is 0 Å². The first kappa shape index (κ1) is 13.6. The van der Waals surface area contributed by atoms with Crippen LogP contribution in [0.2, 0.25) is 0 Å². The van der Waals surface area contributed by atoms with Crippen LogP contribution in [0.5, 0.6) is 0 Å². The van der Waals surface area contributed by atoms with Crippen molar-refractivity contribution in [1.82, 2.24) is 4.98 Å². The Balaban J connectivity index is 2.08. The molecule has 4 nitrogen and oxygen atoms in total. The maximum absolute atomic E-state index is 11.0. The summed E-state index contributed by atoms with van der Waals surface area (Å²) in [6, 6.07) is 9.33. The van der Waals surface area contributed by atoms with Gasteiger partial charge in [-0.2, -0.15) is 0 Å². The van der Waals surface area contributed by atoms with Gasteiger partial charge in [0.15, 0.2) is 5.58 Å². The van der Waals surface area contributed by atoms with E-state index in [0.29, 0.717) is 22.6 Å². The maximum Gasteiger partial charge on any atom is 0.223 e. The molecular weight excluding hydrogens is 286 g/mol. The highest BCUT2D eigenvalue weighted by Gasteiger charge is 2.12. The Labute approximate surface area is 125 Å². The number of carbonyl (C=O) groups is 1. The number of para-hydroxylation sites is 2. The number of benzene rings is 1. The third-order valence-corrected chi connectivity index (χ3v) is 4.08. The summed E-state index contributed by atoms with van der Waals surface area (Å²) in [4.78, 5) is 16.3. The summed E-state index contributed by atoms with van der Waals surface area (Å²) in [7, 11) is 0. The lowest BCUT2D eigenvalue weighted by Gasteiger charge is -2.04. The molecule has 0 radical (unpaired) electrons. The van der Waals surface area contributed by atoms with Gasteiger partial charge in [0.2, 0.25) is 5.89 Å². The van der Waals surface area contributed by atoms with Gasteiger partial charge < -0.3 is 14.3 Å². The summed E-state index contributed by atoms with van der Waals surface area (Å²) < 4.78 is 5.65. The van der Waals surface area contributed by atoms with E-state index >= 15 is 0 Å². The Hall–Kier alpha value is -2.40. The van der Waals surface area contributed by atoms with Crippen molar-refractivity contribution in [1.29, 1.82) is 0 Å². The highest BCUT2D eigenvalue weighted by atomic mass is 32.1. The number of carbonyl (C=O) groups excluding carboxylic acids is 1. The molecule has 0 saturated heterocycles. The fraction of sp³-hybridized carbons (Fsp3) is 0.125. The molecule has 2 aromatic heterocycles. The molecule has 3 aromatic rings. The SMILES string of the molecule is Cc1ccsc1/C=C(\CC(=O)[O-])c1nc2ccccc2o1. The largest absolute Gasteiger partial charge is 0.550 e. The van der Waals surface area contributed by atoms with Gasteiger partial charge in [0.05, 0.1) is 0 Å². The zero-order chi connectivity index (χ0) is 14.8. The number of rotatable bonds is 4. The van der Waals surface area contributed by atoms with E-state index in [1.165, 1.54) is 0 Å². The number of aryl methyl sites for hydroxylation is 1. The van der Waals surface area contributed by atoms with Gasteiger partial charge in [-0.15, -0.1) is 11.3 Å². The number of hydrogen-bond donors (Lipinski definition) is 0. The van der Waals surface area contributed by atoms with Crippen LogP contribution in [0.3, 0.4) is 0 Å². The standard InChI is InChI=1S/C16H13NO3S/c1-10-6-7-21-14(10)8-11(9-15(18)19)16-17-12-4-2-3-5-13(12)20-16/h2-8H,9H2,1H3,(H,18,19)/p-1/b11-8+. The summed E-state index contributed by atoms with van der Waals surface area (Å²) >= 11 is 1.55. The predicted octanol–water partition coefficient (Wildman–Crippen LogP) is 2.88. The van der Waals surface area contributed by atoms with E-state index in [2.05, 4.69) is 4.98 Å². The molecule has 1 aromatic carbocycles. The van der Waals surface area contributed by atoms with Crippen molar-refractivity contribution in [2.45, 2.75) is 13.3 Å². The van der Waals surface area contributed by atoms with Gasteiger partial charge in [-0.05, 0) is 42.1 Å². The van der Waals surface area contributed by atoms with Crippen molar-refractivity contribution < 1.29 is 14.3 Å². The number of aliphatic carboxylic acids is 1. The van der Waals surface area contributed by atoms with Crippen LogP contribution in [0.15, 0.2) is 40.1 Å². The zero-order valence-electron chi connectivity index (χ0n) is 11.3. The minimum Gasteiger partial charge on any atom is -0.550 e. The predicted molar refractivity (Wildman–Crippen MR) is 80.6 cm³/mol. The Bertz CT molecular complexity index is 796. The van der Waals surface area contributed by atoms with Gasteiger partial charge in [0.1, 0.15) is 5.52 Å². The molecule has 0 atom stereocenters. The molecule has 0 unspecified atom stereocenters. The lowest BCUT2D eigenvalue weighted by atomic mass is 10.1. The molecule has 0 aliphatic heterocycles. The highest BCUT2D eigenvalue weighted by molar-refractivity contribution is 7.11. The third kappa shape index (κ3) is 2.87. The van der Waals surface area contributed by atoms with Crippen molar-refractivity contribution in [3.8, 4) is 0 Å². The number of nitrogens with zero attached hydrogens (tertiary/aromatic N) is 1. The topological polar surface area (TPSA) is 66.2 Å². The first-order chi connectivity index (χ1) is 10.1. The number of carboxylic acid groups (broad SMARTS) is 1. The van der Waals surface area contributed by atoms with E-state index in [1.54, 1.807) is 23.5 Å². The number of thiophene rings is 1. The van der Waals surface area contributed by atoms with Crippen molar-refractivity contribution >= 4 is 40.1 Å². The molecule has 2 heterocycles. The molecule has 21 heavy (non-hydrogen) atoms. The van der Waals surface area contributed by atoms with Gasteiger partial charge in [-0.25, -0.2) is 4.98 Å². The summed E-state index contributed by atoms with van der Waals surface area (Å²) in [5, 5.41) is 13.0. The second-order valence-electron chi connectivity index (χ2n) is 4.67. The van der Waals surface area contributed by atoms with E-state index in [-0.39, 0.29) is 6.42 Å². The fourth-order valence-electron chi connectivity index (χ4n) is 2.04. The second kappa shape index (κ2) is 5.54. The number of aromatic nitrogens is 1. The monoisotopic (exact) mass is 298 g/mol. The molecular formula is C16H12NO3S-. The average Bonchev–Trinajstić information content (AvgIpc) is 3.04. The molecule has 0 amide bonds. The quantitative estimate of drug-likeness (QED) is 0.743. The minimum atomic E-state index is -1.15. The van der Waals surface area contributed by atoms with E-state index in [4.69, 9.17) is 4.42 Å². The smallest absolute Gasteiger partial charge is 0.223 e. The lowest BCUT2D eigenvalue weighted by Crippen LogP contribution is -2.22. The Morgan fingerprint density at radius 3 is 2.86 bits per heavy atom. The summed E-state index contributed by atoms with van der Waals surface area (Å²) in [6.45, 7) is 1.98. The van der Waals surface area contributed by atoms with Crippen molar-refractivity contribution in [2.24, 2.45) is 0 Å². The van der Waals surface area contributed by atoms with Gasteiger partial charge in [0, 0.05) is 22.8 Å². The van der Waals surface area contributed by atoms with Crippen LogP contribution in [-0.4, -0.2) is 11.0 Å². The Morgan fingerprint density at radius 1 is 1.38 bits per heavy atom. The van der Waals surface area contributed by atoms with Crippen molar-refractivity contribution in [3.63, 3.8) is 0 Å². The normalized spacial score (nSPS) is 12.0. The van der Waals surface area contributed by atoms with Gasteiger partial charge in [0.25, 0.3) is 0 Å². The molecule has 0 aliphatic carbocycles. The Kier molecular flexibility index (Phi) is 3.58. The molecule has 3 rings (SSSR count). The molecule has 5 heteroatoms. The number of hydrogen-bond acceptors (Lipinski definition) is 5. The van der Waals surface area contributed by atoms with Crippen LogP contribution >= 0.6 is 11.3 Å². The summed E-state index contributed by atoms with van der Waals surface area (Å²) in [5.74, 6) is -0.828. The number of carboxylic acids is 1. The first-order valence-electron chi connectivity index (χ1n) is 6.44. The van der Waals surface area contributed by atoms with Gasteiger partial charge in [-0.3, -0.25) is 0 Å². The zero-order valence-corrected chi connectivity index (χ0v) is 12.1. The lowest BCUT2D eigenvalue weighted by molar-refractivity contribution is -0.304. The summed E-state index contributed by atoms with van der Waals surface area (Å²) in [5.41, 5.74) is 2.95. The van der Waals surface area contributed by atoms with E-state index in [1.807, 2.05) is 36.6 Å². The van der Waals surface area contributed by atoms with Gasteiger partial charge >= 0.3 is 0 Å². The molecule has 0 N–H and O–H groups in total. The highest BCUT2D eigenvalue weighted by Crippen LogP contribution is 2.27. The number of fused-ring (bicyclic) bond motifs is 1. The van der Waals surface area contributed by atoms with Crippen LogP contribution in [0.1, 0.15) is 22.8 Å². The van der Waals surface area contributed by atoms with E-state index in [0.717, 1.165) is 10.4 Å². The molecule has 0 bridgehead atoms. The molecule has 0 spiro atoms.